The van der Waals surface area contributed by atoms with E-state index in [-0.39, 0.29) is 42.5 Å². The highest BCUT2D eigenvalue weighted by molar-refractivity contribution is 7.92. The number of anilines is 1. The second kappa shape index (κ2) is 9.20. The van der Waals surface area contributed by atoms with Crippen LogP contribution >= 0.6 is 0 Å². The van der Waals surface area contributed by atoms with E-state index in [1.165, 1.54) is 68.8 Å². The molecule has 12 heteroatoms. The van der Waals surface area contributed by atoms with Crippen molar-refractivity contribution in [3.63, 3.8) is 0 Å². The molecule has 1 heterocycles. The minimum atomic E-state index is -4.22. The third-order valence-corrected chi connectivity index (χ3v) is 9.64. The molecule has 0 unspecified atom stereocenters. The minimum Gasteiger partial charge on any atom is -0.497 e. The molecular weight excluding hydrogens is 518 g/mol. The van der Waals surface area contributed by atoms with Crippen LogP contribution in [0.4, 0.5) is 5.95 Å². The second-order valence-corrected chi connectivity index (χ2v) is 12.3. The van der Waals surface area contributed by atoms with Crippen LogP contribution in [0.25, 0.3) is 10.9 Å². The molecule has 0 spiro atoms. The molecule has 0 saturated heterocycles. The highest BCUT2D eigenvalue weighted by atomic mass is 32.2. The Morgan fingerprint density at radius 3 is 1.76 bits per heavy atom. The number of nitrogens with zero attached hydrogens (tertiary/aromatic N) is 1. The number of rotatable bonds is 8. The summed E-state index contributed by atoms with van der Waals surface area (Å²) >= 11 is 0. The van der Waals surface area contributed by atoms with E-state index in [9.17, 15) is 21.6 Å². The Morgan fingerprint density at radius 2 is 1.27 bits per heavy atom. The molecule has 0 amide bonds. The van der Waals surface area contributed by atoms with Gasteiger partial charge in [-0.05, 0) is 73.5 Å². The molecule has 1 aliphatic rings. The van der Waals surface area contributed by atoms with Crippen molar-refractivity contribution in [1.82, 2.24) is 9.97 Å². The fourth-order valence-corrected chi connectivity index (χ4v) is 6.74. The summed E-state index contributed by atoms with van der Waals surface area (Å²) < 4.78 is 64.6. The number of fused-ring (bicyclic) bond motifs is 1. The predicted octanol–water partition coefficient (Wildman–Crippen LogP) is 3.18. The molecule has 0 bridgehead atoms. The summed E-state index contributed by atoms with van der Waals surface area (Å²) in [4.78, 5) is 19.4. The fraction of sp³-hybridized carbons (Fsp3) is 0.200. The van der Waals surface area contributed by atoms with Gasteiger partial charge in [0.1, 0.15) is 17.0 Å². The first-order chi connectivity index (χ1) is 17.6. The van der Waals surface area contributed by atoms with Gasteiger partial charge < -0.3 is 14.8 Å². The molecule has 1 aromatic heterocycles. The molecule has 0 atom stereocenters. The van der Waals surface area contributed by atoms with Gasteiger partial charge in [0, 0.05) is 6.04 Å². The zero-order valence-electron chi connectivity index (χ0n) is 19.9. The molecule has 5 rings (SSSR count). The average molecular weight is 542 g/mol. The van der Waals surface area contributed by atoms with Crippen LogP contribution in [-0.4, -0.2) is 47.1 Å². The van der Waals surface area contributed by atoms with E-state index < -0.39 is 25.2 Å². The number of aromatic amines is 1. The maximum atomic E-state index is 13.6. The smallest absolute Gasteiger partial charge is 0.261 e. The summed E-state index contributed by atoms with van der Waals surface area (Å²) in [6.07, 6.45) is 1.76. The first kappa shape index (κ1) is 24.8. The Kier molecular flexibility index (Phi) is 6.16. The summed E-state index contributed by atoms with van der Waals surface area (Å²) in [6, 6.07) is 13.8. The van der Waals surface area contributed by atoms with Crippen molar-refractivity contribution >= 4 is 36.5 Å². The van der Waals surface area contributed by atoms with Crippen LogP contribution in [0.3, 0.4) is 0 Å². The summed E-state index contributed by atoms with van der Waals surface area (Å²) in [5.74, 6) is 1.00. The number of aromatic nitrogens is 2. The summed E-state index contributed by atoms with van der Waals surface area (Å²) in [6.45, 7) is 0. The standard InChI is InChI=1S/C25H23N3O7S2/c1-34-16-5-9-18(10-6-16)36(30,31)20-13-14-21(37(32,33)19-11-7-17(35-2)8-12-19)23-22(20)24(29)28-25(27-23)26-15-3-4-15/h5-15H,3-4H2,1-2H3,(H2,26,27,28,29). The van der Waals surface area contributed by atoms with E-state index in [0.29, 0.717) is 11.5 Å². The zero-order valence-corrected chi connectivity index (χ0v) is 21.5. The fourth-order valence-electron chi connectivity index (χ4n) is 3.89. The number of nitrogens with one attached hydrogen (secondary N) is 2. The summed E-state index contributed by atoms with van der Waals surface area (Å²) in [5.41, 5.74) is -1.01. The van der Waals surface area contributed by atoms with Crippen LogP contribution in [-0.2, 0) is 19.7 Å². The van der Waals surface area contributed by atoms with Crippen molar-refractivity contribution in [1.29, 1.82) is 0 Å². The van der Waals surface area contributed by atoms with Crippen molar-refractivity contribution in [2.24, 2.45) is 0 Å². The van der Waals surface area contributed by atoms with Gasteiger partial charge in [0.25, 0.3) is 5.56 Å². The molecule has 192 valence electrons. The number of sulfone groups is 2. The van der Waals surface area contributed by atoms with Gasteiger partial charge in [-0.3, -0.25) is 9.78 Å². The van der Waals surface area contributed by atoms with Crippen molar-refractivity contribution < 1.29 is 26.3 Å². The van der Waals surface area contributed by atoms with Gasteiger partial charge in [0.2, 0.25) is 25.6 Å². The number of H-pyrrole nitrogens is 1. The lowest BCUT2D eigenvalue weighted by molar-refractivity contribution is 0.414. The van der Waals surface area contributed by atoms with Crippen molar-refractivity contribution in [3.8, 4) is 11.5 Å². The normalized spacial score (nSPS) is 13.9. The van der Waals surface area contributed by atoms with Crippen LogP contribution in [0.5, 0.6) is 11.5 Å². The third-order valence-electron chi connectivity index (χ3n) is 6.02. The quantitative estimate of drug-likeness (QED) is 0.344. The van der Waals surface area contributed by atoms with E-state index in [1.54, 1.807) is 0 Å². The van der Waals surface area contributed by atoms with Crippen LogP contribution in [0.15, 0.2) is 85.0 Å². The monoisotopic (exact) mass is 541 g/mol. The molecule has 4 aromatic rings. The number of ether oxygens (including phenoxy) is 2. The zero-order chi connectivity index (χ0) is 26.4. The Hall–Kier alpha value is -3.90. The molecule has 0 radical (unpaired) electrons. The second-order valence-electron chi connectivity index (χ2n) is 8.48. The van der Waals surface area contributed by atoms with Crippen molar-refractivity contribution in [2.75, 3.05) is 19.5 Å². The van der Waals surface area contributed by atoms with Crippen molar-refractivity contribution in [2.45, 2.75) is 38.5 Å². The molecule has 2 N–H and O–H groups in total. The molecule has 37 heavy (non-hydrogen) atoms. The number of hydrogen-bond donors (Lipinski definition) is 2. The largest absolute Gasteiger partial charge is 0.497 e. The maximum absolute atomic E-state index is 13.6. The van der Waals surface area contributed by atoms with Crippen LogP contribution < -0.4 is 20.3 Å². The molecule has 1 fully saturated rings. The van der Waals surface area contributed by atoms with Gasteiger partial charge in [-0.1, -0.05) is 0 Å². The lowest BCUT2D eigenvalue weighted by Gasteiger charge is -2.14. The molecule has 1 aliphatic carbocycles. The van der Waals surface area contributed by atoms with E-state index in [0.717, 1.165) is 18.9 Å². The molecular formula is C25H23N3O7S2. The first-order valence-corrected chi connectivity index (χ1v) is 14.2. The number of benzene rings is 3. The first-order valence-electron chi connectivity index (χ1n) is 11.3. The third kappa shape index (κ3) is 4.53. The Balaban J connectivity index is 1.75. The van der Waals surface area contributed by atoms with Gasteiger partial charge in [0.05, 0.1) is 39.2 Å². The van der Waals surface area contributed by atoms with Gasteiger partial charge >= 0.3 is 0 Å². The number of hydrogen-bond acceptors (Lipinski definition) is 9. The van der Waals surface area contributed by atoms with Gasteiger partial charge in [0.15, 0.2) is 0 Å². The van der Waals surface area contributed by atoms with Crippen molar-refractivity contribution in [3.05, 3.63) is 71.0 Å². The van der Waals surface area contributed by atoms with E-state index in [1.807, 2.05) is 0 Å². The molecule has 10 nitrogen and oxygen atoms in total. The Morgan fingerprint density at radius 1 is 0.784 bits per heavy atom. The van der Waals surface area contributed by atoms with E-state index >= 15 is 0 Å². The van der Waals surface area contributed by atoms with Gasteiger partial charge in [-0.2, -0.15) is 0 Å². The SMILES string of the molecule is COc1ccc(S(=O)(=O)c2ccc(S(=O)(=O)c3ccc(OC)cc3)c3c(=O)[nH]c(NC4CC4)nc23)cc1. The average Bonchev–Trinajstić information content (AvgIpc) is 3.72. The van der Waals surface area contributed by atoms with Crippen LogP contribution in [0.1, 0.15) is 12.8 Å². The molecule has 1 saturated carbocycles. The lowest BCUT2D eigenvalue weighted by atomic mass is 10.2. The van der Waals surface area contributed by atoms with Gasteiger partial charge in [-0.25, -0.2) is 21.8 Å². The molecule has 0 aliphatic heterocycles. The topological polar surface area (TPSA) is 145 Å². The van der Waals surface area contributed by atoms with Crippen LogP contribution in [0.2, 0.25) is 0 Å². The molecule has 3 aromatic carbocycles. The Bertz CT molecular complexity index is 1760. The predicted molar refractivity (Wildman–Crippen MR) is 136 cm³/mol. The number of methoxy groups -OCH3 is 2. The highest BCUT2D eigenvalue weighted by Crippen LogP contribution is 2.34. The van der Waals surface area contributed by atoms with Gasteiger partial charge in [-0.15, -0.1) is 0 Å². The highest BCUT2D eigenvalue weighted by Gasteiger charge is 2.30. The summed E-state index contributed by atoms with van der Waals surface area (Å²) in [7, 11) is -5.48. The summed E-state index contributed by atoms with van der Waals surface area (Å²) in [5, 5.41) is 2.70. The van der Waals surface area contributed by atoms with Crippen LogP contribution in [0, 0.1) is 0 Å². The lowest BCUT2D eigenvalue weighted by Crippen LogP contribution is -2.19. The van der Waals surface area contributed by atoms with E-state index in [2.05, 4.69) is 15.3 Å². The maximum Gasteiger partial charge on any atom is 0.261 e. The Labute approximate surface area is 213 Å². The van der Waals surface area contributed by atoms with E-state index in [4.69, 9.17) is 9.47 Å². The minimum absolute atomic E-state index is 0.0563.